The van der Waals surface area contributed by atoms with Crippen LogP contribution in [0.1, 0.15) is 47.2 Å². The number of halogens is 2. The van der Waals surface area contributed by atoms with Crippen LogP contribution in [0, 0.1) is 0 Å². The Hall–Kier alpha value is -2.97. The van der Waals surface area contributed by atoms with E-state index in [2.05, 4.69) is 50.1 Å². The molecule has 9 heteroatoms. The summed E-state index contributed by atoms with van der Waals surface area (Å²) in [6, 6.07) is 18.5. The summed E-state index contributed by atoms with van der Waals surface area (Å²) in [4.78, 5) is 32.9. The van der Waals surface area contributed by atoms with E-state index >= 15 is 0 Å². The number of rotatable bonds is 8. The Bertz CT molecular complexity index is 1300. The first kappa shape index (κ1) is 29.6. The molecule has 1 aliphatic heterocycles. The lowest BCUT2D eigenvalue weighted by atomic mass is 9.90. The molecule has 38 heavy (non-hydrogen) atoms. The number of aromatic nitrogens is 3. The maximum absolute atomic E-state index is 13.6. The van der Waals surface area contributed by atoms with Crippen molar-refractivity contribution in [3.63, 3.8) is 0 Å². The fourth-order valence-electron chi connectivity index (χ4n) is 5.30. The van der Waals surface area contributed by atoms with E-state index in [1.807, 2.05) is 55.4 Å². The Kier molecular flexibility index (Phi) is 10.7. The van der Waals surface area contributed by atoms with Crippen molar-refractivity contribution in [3.05, 3.63) is 95.7 Å². The minimum atomic E-state index is -0.0647. The summed E-state index contributed by atoms with van der Waals surface area (Å²) in [5.41, 5.74) is 3.96. The van der Waals surface area contributed by atoms with Gasteiger partial charge in [0.05, 0.1) is 18.1 Å². The molecule has 0 radical (unpaired) electrons. The molecule has 2 aromatic carbocycles. The van der Waals surface area contributed by atoms with E-state index in [4.69, 9.17) is 4.98 Å². The number of aromatic amines is 1. The van der Waals surface area contributed by atoms with Crippen molar-refractivity contribution in [1.29, 1.82) is 0 Å². The average Bonchev–Trinajstić information content (AvgIpc) is 3.44. The van der Waals surface area contributed by atoms with E-state index < -0.39 is 0 Å². The number of amides is 1. The Morgan fingerprint density at radius 2 is 1.61 bits per heavy atom. The zero-order chi connectivity index (χ0) is 24.9. The van der Waals surface area contributed by atoms with Gasteiger partial charge in [0, 0.05) is 74.4 Å². The van der Waals surface area contributed by atoms with Crippen molar-refractivity contribution in [1.82, 2.24) is 29.7 Å². The molecule has 1 saturated heterocycles. The number of nitrogens with zero attached hydrogens (tertiary/aromatic N) is 5. The SMILES string of the molecule is CCN(CC)C(=O)c1ccccc1C(c1cccc2cccnc12)N1CCN(Cc2ncc[nH]2)CC1.Cl.Cl. The van der Waals surface area contributed by atoms with Crippen LogP contribution in [0.2, 0.25) is 0 Å². The largest absolute Gasteiger partial charge is 0.348 e. The predicted octanol–water partition coefficient (Wildman–Crippen LogP) is 5.19. The number of H-pyrrole nitrogens is 1. The summed E-state index contributed by atoms with van der Waals surface area (Å²) in [6.07, 6.45) is 5.54. The van der Waals surface area contributed by atoms with Gasteiger partial charge in [-0.15, -0.1) is 24.8 Å². The lowest BCUT2D eigenvalue weighted by Crippen LogP contribution is -2.48. The van der Waals surface area contributed by atoms with Crippen LogP contribution >= 0.6 is 24.8 Å². The van der Waals surface area contributed by atoms with Crippen molar-refractivity contribution in [2.45, 2.75) is 26.4 Å². The van der Waals surface area contributed by atoms with Crippen molar-refractivity contribution in [2.75, 3.05) is 39.3 Å². The average molecular weight is 556 g/mol. The second-order valence-corrected chi connectivity index (χ2v) is 9.24. The first-order valence-corrected chi connectivity index (χ1v) is 12.9. The quantitative estimate of drug-likeness (QED) is 0.324. The molecule has 7 nitrogen and oxygen atoms in total. The molecule has 1 unspecified atom stereocenters. The zero-order valence-electron chi connectivity index (χ0n) is 21.9. The lowest BCUT2D eigenvalue weighted by molar-refractivity contribution is 0.0764. The van der Waals surface area contributed by atoms with Crippen molar-refractivity contribution in [3.8, 4) is 0 Å². The van der Waals surface area contributed by atoms with E-state index in [-0.39, 0.29) is 36.8 Å². The van der Waals surface area contributed by atoms with Gasteiger partial charge in [-0.1, -0.05) is 42.5 Å². The van der Waals surface area contributed by atoms with Crippen LogP contribution in [0.5, 0.6) is 0 Å². The number of nitrogens with one attached hydrogen (secondary N) is 1. The Morgan fingerprint density at radius 3 is 2.32 bits per heavy atom. The van der Waals surface area contributed by atoms with Crippen LogP contribution in [0.3, 0.4) is 0 Å². The van der Waals surface area contributed by atoms with Gasteiger partial charge in [0.1, 0.15) is 5.82 Å². The second-order valence-electron chi connectivity index (χ2n) is 9.24. The maximum atomic E-state index is 13.6. The molecular formula is C29H36Cl2N6O. The van der Waals surface area contributed by atoms with Crippen molar-refractivity contribution < 1.29 is 4.79 Å². The van der Waals surface area contributed by atoms with Gasteiger partial charge in [-0.05, 0) is 31.5 Å². The highest BCUT2D eigenvalue weighted by atomic mass is 35.5. The Labute approximate surface area is 237 Å². The lowest BCUT2D eigenvalue weighted by Gasteiger charge is -2.40. The minimum Gasteiger partial charge on any atom is -0.348 e. The van der Waals surface area contributed by atoms with Crippen LogP contribution in [0.4, 0.5) is 0 Å². The molecule has 3 heterocycles. The number of carbonyl (C=O) groups is 1. The summed E-state index contributed by atoms with van der Waals surface area (Å²) >= 11 is 0. The highest BCUT2D eigenvalue weighted by Crippen LogP contribution is 2.35. The number of pyridine rings is 1. The second kappa shape index (κ2) is 13.7. The summed E-state index contributed by atoms with van der Waals surface area (Å²) in [5, 5.41) is 1.11. The molecule has 5 rings (SSSR count). The summed E-state index contributed by atoms with van der Waals surface area (Å²) in [5.74, 6) is 1.08. The van der Waals surface area contributed by atoms with E-state index in [0.717, 1.165) is 66.1 Å². The Balaban J connectivity index is 0.00000200. The molecule has 4 aromatic rings. The molecular weight excluding hydrogens is 519 g/mol. The number of piperazine rings is 1. The van der Waals surface area contributed by atoms with Crippen LogP contribution in [-0.4, -0.2) is 74.8 Å². The third kappa shape index (κ3) is 6.18. The molecule has 2 aromatic heterocycles. The number of hydrogen-bond donors (Lipinski definition) is 1. The van der Waals surface area contributed by atoms with Gasteiger partial charge in [0.25, 0.3) is 5.91 Å². The molecule has 1 amide bonds. The number of carbonyl (C=O) groups excluding carboxylic acids is 1. The van der Waals surface area contributed by atoms with Crippen LogP contribution < -0.4 is 0 Å². The van der Waals surface area contributed by atoms with Crippen molar-refractivity contribution in [2.24, 2.45) is 0 Å². The van der Waals surface area contributed by atoms with Crippen molar-refractivity contribution >= 4 is 41.6 Å². The number of para-hydroxylation sites is 1. The molecule has 1 aliphatic rings. The fourth-order valence-corrected chi connectivity index (χ4v) is 5.30. The molecule has 1 atom stereocenters. The number of benzene rings is 2. The standard InChI is InChI=1S/C29H34N6O.2ClH/c1-3-34(4-2)29(36)24-12-6-5-11-23(24)28(25-13-7-9-22-10-8-14-32-27(22)25)35-19-17-33(18-20-35)21-26-30-15-16-31-26;;/h5-16,28H,3-4,17-21H2,1-2H3,(H,30,31);2*1H. The van der Waals surface area contributed by atoms with Crippen LogP contribution in [0.15, 0.2) is 73.2 Å². The number of fused-ring (bicyclic) bond motifs is 1. The van der Waals surface area contributed by atoms with Gasteiger partial charge < -0.3 is 9.88 Å². The molecule has 202 valence electrons. The zero-order valence-corrected chi connectivity index (χ0v) is 23.5. The predicted molar refractivity (Wildman–Crippen MR) is 157 cm³/mol. The third-order valence-corrected chi connectivity index (χ3v) is 7.20. The smallest absolute Gasteiger partial charge is 0.254 e. The molecule has 1 fully saturated rings. The van der Waals surface area contributed by atoms with Gasteiger partial charge in [-0.3, -0.25) is 19.6 Å². The first-order valence-electron chi connectivity index (χ1n) is 12.9. The topological polar surface area (TPSA) is 68.4 Å². The summed E-state index contributed by atoms with van der Waals surface area (Å²) in [6.45, 7) is 9.92. The highest BCUT2D eigenvalue weighted by molar-refractivity contribution is 5.96. The molecule has 0 spiro atoms. The molecule has 0 aliphatic carbocycles. The summed E-state index contributed by atoms with van der Waals surface area (Å²) in [7, 11) is 0. The monoisotopic (exact) mass is 554 g/mol. The van der Waals surface area contributed by atoms with Crippen LogP contribution in [0.25, 0.3) is 10.9 Å². The number of hydrogen-bond acceptors (Lipinski definition) is 5. The minimum absolute atomic E-state index is 0. The van der Waals surface area contributed by atoms with Gasteiger partial charge in [0.15, 0.2) is 0 Å². The Morgan fingerprint density at radius 1 is 0.895 bits per heavy atom. The molecule has 0 saturated carbocycles. The molecule has 1 N–H and O–H groups in total. The van der Waals surface area contributed by atoms with Gasteiger partial charge in [0.2, 0.25) is 0 Å². The van der Waals surface area contributed by atoms with E-state index in [1.165, 1.54) is 0 Å². The van der Waals surface area contributed by atoms with Gasteiger partial charge >= 0.3 is 0 Å². The maximum Gasteiger partial charge on any atom is 0.254 e. The van der Waals surface area contributed by atoms with E-state index in [1.54, 1.807) is 6.20 Å². The van der Waals surface area contributed by atoms with E-state index in [9.17, 15) is 4.79 Å². The van der Waals surface area contributed by atoms with Gasteiger partial charge in [-0.25, -0.2) is 4.98 Å². The third-order valence-electron chi connectivity index (χ3n) is 7.20. The van der Waals surface area contributed by atoms with Crippen LogP contribution in [-0.2, 0) is 6.54 Å². The highest BCUT2D eigenvalue weighted by Gasteiger charge is 2.31. The first-order chi connectivity index (χ1) is 17.7. The number of imidazole rings is 1. The molecule has 0 bridgehead atoms. The summed E-state index contributed by atoms with van der Waals surface area (Å²) < 4.78 is 0. The normalized spacial score (nSPS) is 14.9. The van der Waals surface area contributed by atoms with E-state index in [0.29, 0.717) is 13.1 Å². The fraction of sp³-hybridized carbons (Fsp3) is 0.345. The van der Waals surface area contributed by atoms with Gasteiger partial charge in [-0.2, -0.15) is 0 Å².